The highest BCUT2D eigenvalue weighted by Crippen LogP contribution is 2.36. The molecular formula is C27H26FN3O3. The third-order valence-corrected chi connectivity index (χ3v) is 6.25. The third kappa shape index (κ3) is 4.52. The number of halogens is 1. The van der Waals surface area contributed by atoms with Crippen LogP contribution in [0.4, 0.5) is 4.39 Å². The number of benzene rings is 3. The number of aromatic nitrogens is 2. The van der Waals surface area contributed by atoms with Crippen LogP contribution in [0, 0.1) is 11.7 Å². The topological polar surface area (TPSA) is 90.4 Å². The van der Waals surface area contributed by atoms with Gasteiger partial charge in [0.05, 0.1) is 18.1 Å². The van der Waals surface area contributed by atoms with E-state index in [0.717, 1.165) is 28.6 Å². The molecule has 1 aliphatic rings. The molecule has 3 aromatic carbocycles. The summed E-state index contributed by atoms with van der Waals surface area (Å²) in [5.74, 6) is -0.0916. The zero-order valence-corrected chi connectivity index (χ0v) is 18.7. The van der Waals surface area contributed by atoms with E-state index in [4.69, 9.17) is 10.5 Å². The number of carbonyl (C=O) groups is 1. The average molecular weight is 460 g/mol. The van der Waals surface area contributed by atoms with E-state index in [1.54, 1.807) is 36.5 Å². The lowest BCUT2D eigenvalue weighted by Gasteiger charge is -2.14. The lowest BCUT2D eigenvalue weighted by atomic mass is 9.97. The van der Waals surface area contributed by atoms with Crippen LogP contribution in [0.1, 0.15) is 29.5 Å². The monoisotopic (exact) mass is 459 g/mol. The second-order valence-electron chi connectivity index (χ2n) is 8.80. The van der Waals surface area contributed by atoms with Crippen molar-refractivity contribution in [3.8, 4) is 16.9 Å². The first kappa shape index (κ1) is 22.1. The molecule has 0 amide bonds. The van der Waals surface area contributed by atoms with Gasteiger partial charge in [-0.3, -0.25) is 9.48 Å². The van der Waals surface area contributed by atoms with E-state index in [2.05, 4.69) is 5.10 Å². The van der Waals surface area contributed by atoms with Crippen LogP contribution in [0.15, 0.2) is 60.8 Å². The highest BCUT2D eigenvalue weighted by atomic mass is 19.1. The fraction of sp³-hybridized carbons (Fsp3) is 0.259. The van der Waals surface area contributed by atoms with Crippen molar-refractivity contribution in [1.82, 2.24) is 9.78 Å². The van der Waals surface area contributed by atoms with Gasteiger partial charge in [0.2, 0.25) is 0 Å². The van der Waals surface area contributed by atoms with E-state index in [1.165, 1.54) is 12.8 Å². The summed E-state index contributed by atoms with van der Waals surface area (Å²) in [5, 5.41) is 14.7. The molecule has 0 aliphatic heterocycles. The summed E-state index contributed by atoms with van der Waals surface area (Å²) in [6.07, 6.45) is 4.08. The molecule has 34 heavy (non-hydrogen) atoms. The van der Waals surface area contributed by atoms with Crippen LogP contribution in [0.2, 0.25) is 0 Å². The normalized spacial score (nSPS) is 13.4. The molecule has 1 aliphatic carbocycles. The van der Waals surface area contributed by atoms with Crippen LogP contribution in [-0.2, 0) is 30.9 Å². The molecule has 7 heteroatoms. The Hall–Kier alpha value is -3.71. The maximum absolute atomic E-state index is 15.3. The molecule has 4 aromatic rings. The number of hydrogen-bond acceptors (Lipinski definition) is 4. The molecule has 0 atom stereocenters. The Morgan fingerprint density at radius 2 is 1.91 bits per heavy atom. The van der Waals surface area contributed by atoms with E-state index >= 15 is 4.39 Å². The quantitative estimate of drug-likeness (QED) is 0.371. The SMILES string of the molecule is NCc1cccc(-c2cc(COc3ccccc3CC(=O)O)cc3c2cnn3CC2CC2)c1F. The molecule has 174 valence electrons. The van der Waals surface area contributed by atoms with E-state index in [1.807, 2.05) is 28.9 Å². The number of fused-ring (bicyclic) bond motifs is 1. The molecule has 1 heterocycles. The number of hydrogen-bond donors (Lipinski definition) is 2. The smallest absolute Gasteiger partial charge is 0.307 e. The van der Waals surface area contributed by atoms with Crippen molar-refractivity contribution in [1.29, 1.82) is 0 Å². The van der Waals surface area contributed by atoms with Gasteiger partial charge in [-0.15, -0.1) is 0 Å². The second-order valence-corrected chi connectivity index (χ2v) is 8.80. The molecule has 0 saturated heterocycles. The van der Waals surface area contributed by atoms with E-state index < -0.39 is 5.97 Å². The molecular weight excluding hydrogens is 433 g/mol. The number of ether oxygens (including phenoxy) is 1. The zero-order valence-electron chi connectivity index (χ0n) is 18.7. The van der Waals surface area contributed by atoms with Crippen molar-refractivity contribution in [3.63, 3.8) is 0 Å². The number of nitrogens with two attached hydrogens (primary N) is 1. The van der Waals surface area contributed by atoms with Gasteiger partial charge in [-0.1, -0.05) is 36.4 Å². The first-order valence-corrected chi connectivity index (χ1v) is 11.4. The van der Waals surface area contributed by atoms with Crippen LogP contribution >= 0.6 is 0 Å². The van der Waals surface area contributed by atoms with Crippen LogP contribution in [0.3, 0.4) is 0 Å². The van der Waals surface area contributed by atoms with Crippen molar-refractivity contribution in [2.75, 3.05) is 0 Å². The summed E-state index contributed by atoms with van der Waals surface area (Å²) in [6.45, 7) is 1.17. The molecule has 0 bridgehead atoms. The predicted octanol–water partition coefficient (Wildman–Crippen LogP) is 4.92. The van der Waals surface area contributed by atoms with Gasteiger partial charge in [0, 0.05) is 35.2 Å². The highest BCUT2D eigenvalue weighted by Gasteiger charge is 2.24. The van der Waals surface area contributed by atoms with Gasteiger partial charge in [-0.25, -0.2) is 4.39 Å². The standard InChI is InChI=1S/C27H26FN3O3/c28-27-20(13-29)5-3-6-21(27)22-10-18(11-24-23(22)14-30-31(24)15-17-8-9-17)16-34-25-7-2-1-4-19(25)12-26(32)33/h1-7,10-11,14,17H,8-9,12-13,15-16,29H2,(H,32,33). The Labute approximate surface area is 196 Å². The highest BCUT2D eigenvalue weighted by molar-refractivity contribution is 5.95. The minimum absolute atomic E-state index is 0.118. The molecule has 0 spiro atoms. The predicted molar refractivity (Wildman–Crippen MR) is 128 cm³/mol. The van der Waals surface area contributed by atoms with Crippen molar-refractivity contribution < 1.29 is 19.0 Å². The first-order valence-electron chi connectivity index (χ1n) is 11.4. The maximum Gasteiger partial charge on any atom is 0.307 e. The lowest BCUT2D eigenvalue weighted by molar-refractivity contribution is -0.136. The second kappa shape index (κ2) is 9.27. The summed E-state index contributed by atoms with van der Waals surface area (Å²) in [4.78, 5) is 11.2. The van der Waals surface area contributed by atoms with Gasteiger partial charge in [-0.05, 0) is 48.1 Å². The molecule has 0 unspecified atom stereocenters. The molecule has 1 aromatic heterocycles. The summed E-state index contributed by atoms with van der Waals surface area (Å²) >= 11 is 0. The Morgan fingerprint density at radius 1 is 1.12 bits per heavy atom. The molecule has 3 N–H and O–H groups in total. The van der Waals surface area contributed by atoms with Crippen molar-refractivity contribution in [2.45, 2.75) is 39.0 Å². The number of nitrogens with zero attached hydrogens (tertiary/aromatic N) is 2. The number of rotatable bonds is 9. The molecule has 1 saturated carbocycles. The van der Waals surface area contributed by atoms with Gasteiger partial charge in [0.25, 0.3) is 0 Å². The first-order chi connectivity index (χ1) is 16.5. The van der Waals surface area contributed by atoms with E-state index in [-0.39, 0.29) is 25.4 Å². The molecule has 0 radical (unpaired) electrons. The maximum atomic E-state index is 15.3. The van der Waals surface area contributed by atoms with Crippen LogP contribution < -0.4 is 10.5 Å². The lowest BCUT2D eigenvalue weighted by Crippen LogP contribution is -2.05. The van der Waals surface area contributed by atoms with Gasteiger partial charge in [-0.2, -0.15) is 5.10 Å². The van der Waals surface area contributed by atoms with E-state index in [9.17, 15) is 9.90 Å². The fourth-order valence-corrected chi connectivity index (χ4v) is 4.29. The fourth-order valence-electron chi connectivity index (χ4n) is 4.29. The van der Waals surface area contributed by atoms with Crippen molar-refractivity contribution in [2.24, 2.45) is 11.7 Å². The van der Waals surface area contributed by atoms with Crippen molar-refractivity contribution >= 4 is 16.9 Å². The Morgan fingerprint density at radius 3 is 2.68 bits per heavy atom. The summed E-state index contributed by atoms with van der Waals surface area (Å²) < 4.78 is 23.3. The van der Waals surface area contributed by atoms with E-state index in [0.29, 0.717) is 28.4 Å². The number of carboxylic acids is 1. The number of aliphatic carboxylic acids is 1. The molecule has 1 fully saturated rings. The minimum Gasteiger partial charge on any atom is -0.489 e. The van der Waals surface area contributed by atoms with Crippen LogP contribution in [0.25, 0.3) is 22.0 Å². The number of para-hydroxylation sites is 1. The zero-order chi connectivity index (χ0) is 23.7. The Kier molecular flexibility index (Phi) is 6.02. The van der Waals surface area contributed by atoms with Crippen LogP contribution in [-0.4, -0.2) is 20.9 Å². The molecule has 5 rings (SSSR count). The number of carboxylic acid groups (broad SMARTS) is 1. The Balaban J connectivity index is 1.55. The average Bonchev–Trinajstić information content (AvgIpc) is 3.56. The van der Waals surface area contributed by atoms with Gasteiger partial charge >= 0.3 is 5.97 Å². The minimum atomic E-state index is -0.918. The summed E-state index contributed by atoms with van der Waals surface area (Å²) in [7, 11) is 0. The Bertz CT molecular complexity index is 1360. The summed E-state index contributed by atoms with van der Waals surface area (Å²) in [6, 6.07) is 16.3. The van der Waals surface area contributed by atoms with Gasteiger partial charge in [0.15, 0.2) is 0 Å². The summed E-state index contributed by atoms with van der Waals surface area (Å²) in [5.41, 5.74) is 9.81. The van der Waals surface area contributed by atoms with Gasteiger partial charge in [0.1, 0.15) is 18.2 Å². The third-order valence-electron chi connectivity index (χ3n) is 6.25. The largest absolute Gasteiger partial charge is 0.489 e. The van der Waals surface area contributed by atoms with Crippen molar-refractivity contribution in [3.05, 3.63) is 83.3 Å². The van der Waals surface area contributed by atoms with Crippen LogP contribution in [0.5, 0.6) is 5.75 Å². The van der Waals surface area contributed by atoms with Gasteiger partial charge < -0.3 is 15.6 Å². The molecule has 6 nitrogen and oxygen atoms in total.